The molecule has 1 aliphatic rings. The van der Waals surface area contributed by atoms with Crippen LogP contribution in [0.4, 0.5) is 5.69 Å². The van der Waals surface area contributed by atoms with Gasteiger partial charge in [0, 0.05) is 35.6 Å². The van der Waals surface area contributed by atoms with Crippen LogP contribution < -0.4 is 16.3 Å². The minimum absolute atomic E-state index is 0.172. The fourth-order valence-electron chi connectivity index (χ4n) is 2.12. The van der Waals surface area contributed by atoms with Crippen LogP contribution in [0.25, 0.3) is 11.0 Å². The number of aliphatic carboxylic acids is 1. The predicted molar refractivity (Wildman–Crippen MR) is 82.2 cm³/mol. The summed E-state index contributed by atoms with van der Waals surface area (Å²) in [5.74, 6) is -1.88. The molecule has 1 aromatic carbocycles. The molecule has 3 N–H and O–H groups in total. The molecule has 0 saturated carbocycles. The molecule has 3 rings (SSSR count). The molecular formula is C15H11N3O5. The van der Waals surface area contributed by atoms with Crippen molar-refractivity contribution in [1.82, 2.24) is 5.32 Å². The van der Waals surface area contributed by atoms with Crippen molar-refractivity contribution in [1.29, 1.82) is 0 Å². The first-order valence-electron chi connectivity index (χ1n) is 6.61. The van der Waals surface area contributed by atoms with Gasteiger partial charge < -0.3 is 20.2 Å². The first kappa shape index (κ1) is 14.5. The van der Waals surface area contributed by atoms with Gasteiger partial charge in [0.25, 0.3) is 5.91 Å². The van der Waals surface area contributed by atoms with E-state index >= 15 is 0 Å². The molecule has 0 fully saturated rings. The smallest absolute Gasteiger partial charge is 0.336 e. The molecule has 0 bridgehead atoms. The van der Waals surface area contributed by atoms with Crippen LogP contribution in [-0.4, -0.2) is 28.7 Å². The summed E-state index contributed by atoms with van der Waals surface area (Å²) in [6.45, 7) is 0. The van der Waals surface area contributed by atoms with Crippen molar-refractivity contribution < 1.29 is 19.1 Å². The van der Waals surface area contributed by atoms with Crippen molar-refractivity contribution in [3.05, 3.63) is 53.2 Å². The maximum atomic E-state index is 12.2. The second kappa shape index (κ2) is 5.76. The number of fused-ring (bicyclic) bond motifs is 1. The van der Waals surface area contributed by atoms with Gasteiger partial charge in [-0.25, -0.2) is 9.59 Å². The lowest BCUT2D eigenvalue weighted by atomic mass is 10.1. The Kier molecular flexibility index (Phi) is 3.63. The molecule has 0 spiro atoms. The Labute approximate surface area is 129 Å². The number of benzene rings is 1. The summed E-state index contributed by atoms with van der Waals surface area (Å²) in [4.78, 5) is 38.4. The Balaban J connectivity index is 1.87. The highest BCUT2D eigenvalue weighted by Gasteiger charge is 2.29. The van der Waals surface area contributed by atoms with Crippen LogP contribution in [0.5, 0.6) is 0 Å². The lowest BCUT2D eigenvalue weighted by molar-refractivity contribution is -0.137. The van der Waals surface area contributed by atoms with Crippen LogP contribution in [0.3, 0.4) is 0 Å². The average molecular weight is 313 g/mol. The second-order valence-corrected chi connectivity index (χ2v) is 4.73. The molecule has 0 saturated heterocycles. The zero-order valence-electron chi connectivity index (χ0n) is 11.6. The topological polar surface area (TPSA) is 121 Å². The van der Waals surface area contributed by atoms with E-state index in [1.54, 1.807) is 18.2 Å². The van der Waals surface area contributed by atoms with E-state index < -0.39 is 23.5 Å². The normalized spacial score (nSPS) is 16.5. The van der Waals surface area contributed by atoms with E-state index in [1.807, 2.05) is 0 Å². The SMILES string of the molecule is O=C(Nc1ccc2ccc(=O)oc2c1)C1=NC=CNC1C(=O)O. The lowest BCUT2D eigenvalue weighted by Crippen LogP contribution is -2.47. The van der Waals surface area contributed by atoms with Crippen molar-refractivity contribution in [2.24, 2.45) is 4.99 Å². The van der Waals surface area contributed by atoms with Gasteiger partial charge in [-0.2, -0.15) is 0 Å². The Morgan fingerprint density at radius 2 is 2.04 bits per heavy atom. The van der Waals surface area contributed by atoms with E-state index in [9.17, 15) is 14.4 Å². The third-order valence-electron chi connectivity index (χ3n) is 3.19. The molecule has 23 heavy (non-hydrogen) atoms. The summed E-state index contributed by atoms with van der Waals surface area (Å²) in [7, 11) is 0. The molecule has 1 aromatic heterocycles. The van der Waals surface area contributed by atoms with Gasteiger partial charge in [0.15, 0.2) is 6.04 Å². The summed E-state index contributed by atoms with van der Waals surface area (Å²) < 4.78 is 5.03. The van der Waals surface area contributed by atoms with Crippen molar-refractivity contribution in [3.8, 4) is 0 Å². The maximum absolute atomic E-state index is 12.2. The Hall–Kier alpha value is -3.42. The quantitative estimate of drug-likeness (QED) is 0.717. The number of nitrogens with one attached hydrogen (secondary N) is 2. The third kappa shape index (κ3) is 2.95. The van der Waals surface area contributed by atoms with Crippen LogP contribution in [0, 0.1) is 0 Å². The van der Waals surface area contributed by atoms with Crippen molar-refractivity contribution in [2.75, 3.05) is 5.32 Å². The summed E-state index contributed by atoms with van der Waals surface area (Å²) in [5.41, 5.74) is -0.000507. The molecule has 2 aromatic rings. The highest BCUT2D eigenvalue weighted by atomic mass is 16.4. The molecule has 1 amide bonds. The average Bonchev–Trinajstić information content (AvgIpc) is 2.54. The minimum Gasteiger partial charge on any atom is -0.479 e. The van der Waals surface area contributed by atoms with E-state index in [1.165, 1.54) is 24.5 Å². The molecule has 8 heteroatoms. The van der Waals surface area contributed by atoms with Crippen molar-refractivity contribution in [2.45, 2.75) is 6.04 Å². The van der Waals surface area contributed by atoms with Crippen molar-refractivity contribution in [3.63, 3.8) is 0 Å². The zero-order valence-corrected chi connectivity index (χ0v) is 11.6. The number of anilines is 1. The van der Waals surface area contributed by atoms with E-state index in [0.29, 0.717) is 16.7 Å². The number of carboxylic acids is 1. The van der Waals surface area contributed by atoms with Gasteiger partial charge >= 0.3 is 11.6 Å². The number of amides is 1. The Morgan fingerprint density at radius 3 is 2.83 bits per heavy atom. The Bertz CT molecular complexity index is 913. The van der Waals surface area contributed by atoms with Crippen LogP contribution in [0.2, 0.25) is 0 Å². The van der Waals surface area contributed by atoms with E-state index in [4.69, 9.17) is 9.52 Å². The number of aliphatic imine (C=N–C) groups is 1. The lowest BCUT2D eigenvalue weighted by Gasteiger charge is -2.17. The molecule has 1 atom stereocenters. The first-order chi connectivity index (χ1) is 11.0. The number of nitrogens with zero attached hydrogens (tertiary/aromatic N) is 1. The summed E-state index contributed by atoms with van der Waals surface area (Å²) in [6.07, 6.45) is 2.65. The number of hydrogen-bond acceptors (Lipinski definition) is 6. The van der Waals surface area contributed by atoms with Gasteiger partial charge in [-0.15, -0.1) is 0 Å². The number of rotatable bonds is 3. The largest absolute Gasteiger partial charge is 0.479 e. The van der Waals surface area contributed by atoms with Crippen LogP contribution in [0.15, 0.2) is 56.9 Å². The molecular weight excluding hydrogens is 302 g/mol. The fraction of sp³-hybridized carbons (Fsp3) is 0.0667. The summed E-state index contributed by atoms with van der Waals surface area (Å²) in [5, 5.41) is 14.9. The summed E-state index contributed by atoms with van der Waals surface area (Å²) >= 11 is 0. The van der Waals surface area contributed by atoms with Gasteiger partial charge in [-0.1, -0.05) is 0 Å². The van der Waals surface area contributed by atoms with Crippen LogP contribution in [-0.2, 0) is 9.59 Å². The zero-order chi connectivity index (χ0) is 16.4. The number of carbonyl (C=O) groups is 2. The molecule has 0 radical (unpaired) electrons. The fourth-order valence-corrected chi connectivity index (χ4v) is 2.12. The highest BCUT2D eigenvalue weighted by molar-refractivity contribution is 6.48. The van der Waals surface area contributed by atoms with Gasteiger partial charge in [0.05, 0.1) is 0 Å². The van der Waals surface area contributed by atoms with Gasteiger partial charge in [0.2, 0.25) is 0 Å². The van der Waals surface area contributed by atoms with Crippen LogP contribution in [0.1, 0.15) is 0 Å². The van der Waals surface area contributed by atoms with Gasteiger partial charge in [-0.3, -0.25) is 9.79 Å². The monoisotopic (exact) mass is 313 g/mol. The molecule has 8 nitrogen and oxygen atoms in total. The van der Waals surface area contributed by atoms with E-state index in [-0.39, 0.29) is 5.71 Å². The highest BCUT2D eigenvalue weighted by Crippen LogP contribution is 2.17. The van der Waals surface area contributed by atoms with Gasteiger partial charge in [0.1, 0.15) is 11.3 Å². The van der Waals surface area contributed by atoms with E-state index in [2.05, 4.69) is 15.6 Å². The van der Waals surface area contributed by atoms with Crippen molar-refractivity contribution >= 4 is 34.2 Å². The predicted octanol–water partition coefficient (Wildman–Crippen LogP) is 0.700. The molecule has 116 valence electrons. The number of hydrogen-bond donors (Lipinski definition) is 3. The number of carbonyl (C=O) groups excluding carboxylic acids is 1. The van der Waals surface area contributed by atoms with Crippen LogP contribution >= 0.6 is 0 Å². The Morgan fingerprint density at radius 1 is 1.26 bits per heavy atom. The molecule has 1 unspecified atom stereocenters. The number of carboxylic acid groups (broad SMARTS) is 1. The second-order valence-electron chi connectivity index (χ2n) is 4.73. The third-order valence-corrected chi connectivity index (χ3v) is 3.19. The standard InChI is InChI=1S/C15H11N3O5/c19-11-4-2-8-1-3-9(7-10(8)23-11)18-14(20)12-13(15(21)22)17-6-5-16-12/h1-7,13,17H,(H,18,20)(H,21,22). The maximum Gasteiger partial charge on any atom is 0.336 e. The molecule has 0 aliphatic carbocycles. The molecule has 2 heterocycles. The first-order valence-corrected chi connectivity index (χ1v) is 6.61. The minimum atomic E-state index is -1.22. The summed E-state index contributed by atoms with van der Waals surface area (Å²) in [6, 6.07) is 6.45. The van der Waals surface area contributed by atoms with E-state index in [0.717, 1.165) is 0 Å². The van der Waals surface area contributed by atoms with Gasteiger partial charge in [-0.05, 0) is 18.2 Å². The molecule has 1 aliphatic heterocycles.